The van der Waals surface area contributed by atoms with E-state index < -0.39 is 0 Å². The van der Waals surface area contributed by atoms with Crippen LogP contribution in [0.2, 0.25) is 0 Å². The number of benzene rings is 1. The number of hydrogen-bond donors (Lipinski definition) is 1. The van der Waals surface area contributed by atoms with E-state index in [1.807, 2.05) is 6.92 Å². The molecule has 0 fully saturated rings. The fourth-order valence-electron chi connectivity index (χ4n) is 2.13. The molecule has 0 bridgehead atoms. The molecule has 1 N–H and O–H groups in total. The van der Waals surface area contributed by atoms with E-state index in [0.717, 1.165) is 17.3 Å². The molecule has 0 unspecified atom stereocenters. The van der Waals surface area contributed by atoms with Crippen LogP contribution in [0, 0.1) is 20.8 Å². The Hall–Kier alpha value is -1.77. The van der Waals surface area contributed by atoms with Crippen LogP contribution in [0.5, 0.6) is 0 Å². The summed E-state index contributed by atoms with van der Waals surface area (Å²) in [6.07, 6.45) is 2.08. The molecular formula is C15H21N3. The monoisotopic (exact) mass is 243 g/mol. The van der Waals surface area contributed by atoms with Crippen LogP contribution in [0.15, 0.2) is 24.4 Å². The van der Waals surface area contributed by atoms with E-state index in [-0.39, 0.29) is 0 Å². The molecular weight excluding hydrogens is 222 g/mol. The number of aryl methyl sites for hydroxylation is 3. The van der Waals surface area contributed by atoms with Crippen LogP contribution >= 0.6 is 0 Å². The summed E-state index contributed by atoms with van der Waals surface area (Å²) in [5.41, 5.74) is 4.68. The van der Waals surface area contributed by atoms with Crippen molar-refractivity contribution in [1.29, 1.82) is 0 Å². The average Bonchev–Trinajstić information content (AvgIpc) is 2.65. The van der Waals surface area contributed by atoms with Crippen molar-refractivity contribution in [1.82, 2.24) is 9.55 Å². The molecule has 0 aliphatic carbocycles. The topological polar surface area (TPSA) is 29.9 Å². The molecule has 0 radical (unpaired) electrons. The largest absolute Gasteiger partial charge is 0.325 e. The van der Waals surface area contributed by atoms with Gasteiger partial charge < -0.3 is 9.88 Å². The number of aromatic nitrogens is 2. The van der Waals surface area contributed by atoms with Gasteiger partial charge in [0.1, 0.15) is 0 Å². The number of rotatable bonds is 3. The Labute approximate surface area is 109 Å². The van der Waals surface area contributed by atoms with Gasteiger partial charge in [-0.25, -0.2) is 4.98 Å². The van der Waals surface area contributed by atoms with E-state index in [1.165, 1.54) is 11.1 Å². The highest BCUT2D eigenvalue weighted by molar-refractivity contribution is 5.63. The highest BCUT2D eigenvalue weighted by atomic mass is 15.2. The molecule has 0 aliphatic heterocycles. The summed E-state index contributed by atoms with van der Waals surface area (Å²) in [5.74, 6) is 0.917. The minimum absolute atomic E-state index is 0.401. The number of para-hydroxylation sites is 1. The first-order valence-corrected chi connectivity index (χ1v) is 6.37. The van der Waals surface area contributed by atoms with Gasteiger partial charge in [0.05, 0.1) is 5.69 Å². The maximum Gasteiger partial charge on any atom is 0.207 e. The van der Waals surface area contributed by atoms with Crippen molar-refractivity contribution in [2.45, 2.75) is 40.7 Å². The van der Waals surface area contributed by atoms with Crippen molar-refractivity contribution in [2.75, 3.05) is 5.32 Å². The minimum atomic E-state index is 0.401. The molecule has 0 aliphatic rings. The number of hydrogen-bond acceptors (Lipinski definition) is 2. The third kappa shape index (κ3) is 2.40. The normalized spacial score (nSPS) is 11.0. The van der Waals surface area contributed by atoms with E-state index in [1.54, 1.807) is 0 Å². The summed E-state index contributed by atoms with van der Waals surface area (Å²) in [4.78, 5) is 4.56. The lowest BCUT2D eigenvalue weighted by atomic mass is 10.1. The molecule has 18 heavy (non-hydrogen) atoms. The van der Waals surface area contributed by atoms with Crippen molar-refractivity contribution in [3.8, 4) is 0 Å². The summed E-state index contributed by atoms with van der Waals surface area (Å²) in [6.45, 7) is 10.6. The summed E-state index contributed by atoms with van der Waals surface area (Å²) < 4.78 is 2.17. The second kappa shape index (κ2) is 4.84. The first-order valence-electron chi connectivity index (χ1n) is 6.37. The third-order valence-electron chi connectivity index (χ3n) is 3.13. The smallest absolute Gasteiger partial charge is 0.207 e. The van der Waals surface area contributed by atoms with Gasteiger partial charge in [0, 0.05) is 17.9 Å². The molecule has 2 aromatic rings. The van der Waals surface area contributed by atoms with E-state index in [0.29, 0.717) is 6.04 Å². The zero-order chi connectivity index (χ0) is 13.3. The molecule has 1 aromatic carbocycles. The Bertz CT molecular complexity index is 533. The quantitative estimate of drug-likeness (QED) is 0.878. The third-order valence-corrected chi connectivity index (χ3v) is 3.13. The van der Waals surface area contributed by atoms with Gasteiger partial charge in [0.2, 0.25) is 5.95 Å². The van der Waals surface area contributed by atoms with Gasteiger partial charge in [-0.15, -0.1) is 0 Å². The fourth-order valence-corrected chi connectivity index (χ4v) is 2.13. The van der Waals surface area contributed by atoms with Gasteiger partial charge >= 0.3 is 0 Å². The minimum Gasteiger partial charge on any atom is -0.325 e. The summed E-state index contributed by atoms with van der Waals surface area (Å²) in [5, 5.41) is 3.46. The summed E-state index contributed by atoms with van der Waals surface area (Å²) in [7, 11) is 0. The zero-order valence-electron chi connectivity index (χ0n) is 11.8. The molecule has 0 saturated carbocycles. The lowest BCUT2D eigenvalue weighted by Gasteiger charge is -2.15. The Morgan fingerprint density at radius 1 is 1.11 bits per heavy atom. The standard InChI is InChI=1S/C15H21N3/c1-10(2)18-9-13(5)16-15(18)17-14-11(3)7-6-8-12(14)4/h6-10H,1-5H3,(H,16,17). The predicted molar refractivity (Wildman–Crippen MR) is 76.5 cm³/mol. The van der Waals surface area contributed by atoms with Gasteiger partial charge in [-0.3, -0.25) is 0 Å². The van der Waals surface area contributed by atoms with Crippen LogP contribution in [0.1, 0.15) is 36.7 Å². The highest BCUT2D eigenvalue weighted by Crippen LogP contribution is 2.25. The number of anilines is 2. The summed E-state index contributed by atoms with van der Waals surface area (Å²) >= 11 is 0. The summed E-state index contributed by atoms with van der Waals surface area (Å²) in [6, 6.07) is 6.71. The Morgan fingerprint density at radius 3 is 2.28 bits per heavy atom. The van der Waals surface area contributed by atoms with E-state index in [4.69, 9.17) is 0 Å². The average molecular weight is 243 g/mol. The van der Waals surface area contributed by atoms with Crippen LogP contribution in [-0.2, 0) is 0 Å². The Morgan fingerprint density at radius 2 is 1.72 bits per heavy atom. The lowest BCUT2D eigenvalue weighted by Crippen LogP contribution is -2.06. The Balaban J connectivity index is 2.40. The van der Waals surface area contributed by atoms with Crippen LogP contribution < -0.4 is 5.32 Å². The molecule has 1 aromatic heterocycles. The highest BCUT2D eigenvalue weighted by Gasteiger charge is 2.10. The molecule has 0 saturated heterocycles. The van der Waals surface area contributed by atoms with Gasteiger partial charge in [0.15, 0.2) is 0 Å². The van der Waals surface area contributed by atoms with Crippen molar-refractivity contribution in [3.05, 3.63) is 41.2 Å². The molecule has 3 heteroatoms. The molecule has 3 nitrogen and oxygen atoms in total. The molecule has 96 valence electrons. The first-order chi connectivity index (χ1) is 8.49. The van der Waals surface area contributed by atoms with Crippen molar-refractivity contribution in [2.24, 2.45) is 0 Å². The van der Waals surface area contributed by atoms with Gasteiger partial charge in [-0.1, -0.05) is 18.2 Å². The fraction of sp³-hybridized carbons (Fsp3) is 0.400. The molecule has 0 atom stereocenters. The van der Waals surface area contributed by atoms with Crippen molar-refractivity contribution in [3.63, 3.8) is 0 Å². The van der Waals surface area contributed by atoms with Gasteiger partial charge in [-0.05, 0) is 45.7 Å². The van der Waals surface area contributed by atoms with E-state index >= 15 is 0 Å². The zero-order valence-corrected chi connectivity index (χ0v) is 11.8. The van der Waals surface area contributed by atoms with Gasteiger partial charge in [0.25, 0.3) is 0 Å². The van der Waals surface area contributed by atoms with Crippen molar-refractivity contribution >= 4 is 11.6 Å². The van der Waals surface area contributed by atoms with Crippen molar-refractivity contribution < 1.29 is 0 Å². The number of imidazole rings is 1. The maximum atomic E-state index is 4.56. The molecule has 0 spiro atoms. The van der Waals surface area contributed by atoms with Crippen LogP contribution in [0.3, 0.4) is 0 Å². The van der Waals surface area contributed by atoms with Gasteiger partial charge in [-0.2, -0.15) is 0 Å². The maximum absolute atomic E-state index is 4.56. The number of nitrogens with one attached hydrogen (secondary N) is 1. The number of nitrogens with zero attached hydrogens (tertiary/aromatic N) is 2. The molecule has 0 amide bonds. The Kier molecular flexibility index (Phi) is 3.41. The molecule has 2 rings (SSSR count). The van der Waals surface area contributed by atoms with Crippen LogP contribution in [0.25, 0.3) is 0 Å². The van der Waals surface area contributed by atoms with Crippen LogP contribution in [0.4, 0.5) is 11.6 Å². The van der Waals surface area contributed by atoms with Crippen LogP contribution in [-0.4, -0.2) is 9.55 Å². The van der Waals surface area contributed by atoms with E-state index in [9.17, 15) is 0 Å². The second-order valence-corrected chi connectivity index (χ2v) is 5.10. The first kappa shape index (κ1) is 12.7. The second-order valence-electron chi connectivity index (χ2n) is 5.10. The molecule has 1 heterocycles. The SMILES string of the molecule is Cc1cn(C(C)C)c(Nc2c(C)cccc2C)n1. The predicted octanol–water partition coefficient (Wildman–Crippen LogP) is 4.13. The lowest BCUT2D eigenvalue weighted by molar-refractivity contribution is 0.607. The van der Waals surface area contributed by atoms with E-state index in [2.05, 4.69) is 67.0 Å².